The van der Waals surface area contributed by atoms with E-state index >= 15 is 0 Å². The van der Waals surface area contributed by atoms with Gasteiger partial charge in [0.15, 0.2) is 5.82 Å². The Morgan fingerprint density at radius 3 is 2.69 bits per heavy atom. The van der Waals surface area contributed by atoms with Crippen molar-refractivity contribution in [2.75, 3.05) is 13.7 Å². The molecule has 1 amide bonds. The molecule has 186 valence electrons. The van der Waals surface area contributed by atoms with Crippen LogP contribution in [0.2, 0.25) is 5.15 Å². The van der Waals surface area contributed by atoms with Gasteiger partial charge >= 0.3 is 0 Å². The lowest BCUT2D eigenvalue weighted by Gasteiger charge is -2.27. The Balaban J connectivity index is 1.35. The number of aromatic nitrogens is 4. The van der Waals surface area contributed by atoms with E-state index in [2.05, 4.69) is 20.2 Å². The second kappa shape index (κ2) is 7.95. The zero-order valence-electron chi connectivity index (χ0n) is 20.4. The number of rotatable bonds is 5. The first-order chi connectivity index (χ1) is 17.4. The van der Waals surface area contributed by atoms with Crippen LogP contribution in [0.25, 0.3) is 33.6 Å². The molecule has 2 aliphatic carbocycles. The quantitative estimate of drug-likeness (QED) is 0.411. The normalized spacial score (nSPS) is 23.3. The highest BCUT2D eigenvalue weighted by Crippen LogP contribution is 2.40. The molecule has 0 radical (unpaired) electrons. The Bertz CT molecular complexity index is 1540. The number of carbonyl (C=O) groups is 1. The molecule has 9 heteroatoms. The number of nitrogens with two attached hydrogens (primary N) is 1. The van der Waals surface area contributed by atoms with E-state index in [0.29, 0.717) is 28.3 Å². The average Bonchev–Trinajstić information content (AvgIpc) is 3.29. The lowest BCUT2D eigenvalue weighted by Crippen LogP contribution is -2.41. The molecule has 2 saturated carbocycles. The number of hydrogen-bond donors (Lipinski definition) is 1. The molecule has 7 rings (SSSR count). The van der Waals surface area contributed by atoms with Crippen LogP contribution in [0.3, 0.4) is 0 Å². The Hall–Kier alpha value is -3.10. The van der Waals surface area contributed by atoms with Gasteiger partial charge in [0.05, 0.1) is 18.3 Å². The third-order valence-electron chi connectivity index (χ3n) is 8.39. The summed E-state index contributed by atoms with van der Waals surface area (Å²) in [5.41, 5.74) is 10.4. The van der Waals surface area contributed by atoms with Crippen LogP contribution in [0.4, 0.5) is 0 Å². The molecule has 1 saturated heterocycles. The standard InChI is InChI=1S/C27H29ClN6O2/c1-32-24-18(9-17(11-21(24)36-2)27(35)34-13-16-5-7-19(34)23(16)29)30-26(32)20-10-15-6-8-22(28)31-25(15)33(20)12-14-3-4-14/h6,8-11,14,16,19,23H,3-5,7,12-13,29H2,1-2H3/t16?,19?,23-/m1/s1. The molecule has 2 N–H and O–H groups in total. The van der Waals surface area contributed by atoms with Gasteiger partial charge in [0, 0.05) is 43.2 Å². The summed E-state index contributed by atoms with van der Waals surface area (Å²) < 4.78 is 10.1. The van der Waals surface area contributed by atoms with Crippen molar-refractivity contribution in [2.24, 2.45) is 24.6 Å². The van der Waals surface area contributed by atoms with Crippen molar-refractivity contribution in [2.45, 2.75) is 44.3 Å². The predicted octanol–water partition coefficient (Wildman–Crippen LogP) is 4.22. The van der Waals surface area contributed by atoms with Crippen LogP contribution in [0, 0.1) is 11.8 Å². The van der Waals surface area contributed by atoms with E-state index < -0.39 is 0 Å². The summed E-state index contributed by atoms with van der Waals surface area (Å²) in [6, 6.07) is 9.90. The fraction of sp³-hybridized carbons (Fsp3) is 0.444. The average molecular weight is 505 g/mol. The fourth-order valence-electron chi connectivity index (χ4n) is 6.30. The van der Waals surface area contributed by atoms with Gasteiger partial charge in [0.25, 0.3) is 5.91 Å². The number of amides is 1. The molecular weight excluding hydrogens is 476 g/mol. The number of methoxy groups -OCH3 is 1. The topological polar surface area (TPSA) is 91.2 Å². The van der Waals surface area contributed by atoms with Gasteiger partial charge in [-0.25, -0.2) is 9.97 Å². The first-order valence-corrected chi connectivity index (χ1v) is 13.1. The van der Waals surface area contributed by atoms with Crippen LogP contribution in [-0.2, 0) is 13.6 Å². The fourth-order valence-corrected chi connectivity index (χ4v) is 6.44. The zero-order valence-corrected chi connectivity index (χ0v) is 21.2. The molecular formula is C27H29ClN6O2. The zero-order chi connectivity index (χ0) is 24.7. The summed E-state index contributed by atoms with van der Waals surface area (Å²) in [6.07, 6.45) is 4.54. The van der Waals surface area contributed by atoms with Crippen molar-refractivity contribution in [1.82, 2.24) is 24.0 Å². The number of nitrogens with zero attached hydrogens (tertiary/aromatic N) is 5. The number of piperidine rings is 1. The molecule has 2 bridgehead atoms. The first kappa shape index (κ1) is 22.1. The summed E-state index contributed by atoms with van der Waals surface area (Å²) in [4.78, 5) is 25.2. The maximum absolute atomic E-state index is 13.5. The number of halogens is 1. The van der Waals surface area contributed by atoms with Crippen LogP contribution >= 0.6 is 11.6 Å². The molecule has 3 atom stereocenters. The van der Waals surface area contributed by atoms with E-state index in [1.165, 1.54) is 12.8 Å². The van der Waals surface area contributed by atoms with Crippen molar-refractivity contribution >= 4 is 39.6 Å². The number of imidazole rings is 1. The van der Waals surface area contributed by atoms with Crippen LogP contribution < -0.4 is 10.5 Å². The second-order valence-corrected chi connectivity index (χ2v) is 11.0. The van der Waals surface area contributed by atoms with Gasteiger partial charge in [-0.15, -0.1) is 0 Å². The SMILES string of the molecule is COc1cc(C(=O)N2CC3CCC2[C@@H]3N)cc2nc(-c3cc4ccc(Cl)nc4n3CC3CC3)n(C)c12. The van der Waals surface area contributed by atoms with Gasteiger partial charge in [0.1, 0.15) is 22.1 Å². The molecule has 4 aromatic rings. The number of fused-ring (bicyclic) bond motifs is 4. The number of benzene rings is 1. The Kier molecular flexibility index (Phi) is 4.89. The number of pyridine rings is 1. The third-order valence-corrected chi connectivity index (χ3v) is 8.60. The second-order valence-electron chi connectivity index (χ2n) is 10.6. The van der Waals surface area contributed by atoms with Crippen LogP contribution in [0.1, 0.15) is 36.0 Å². The number of ether oxygens (including phenoxy) is 1. The van der Waals surface area contributed by atoms with Gasteiger partial charge in [-0.1, -0.05) is 11.6 Å². The van der Waals surface area contributed by atoms with E-state index in [-0.39, 0.29) is 18.0 Å². The number of hydrogen-bond acceptors (Lipinski definition) is 5. The highest BCUT2D eigenvalue weighted by atomic mass is 35.5. The Labute approximate surface area is 214 Å². The highest BCUT2D eigenvalue weighted by Gasteiger charge is 2.47. The maximum atomic E-state index is 13.5. The van der Waals surface area contributed by atoms with Crippen molar-refractivity contribution < 1.29 is 9.53 Å². The van der Waals surface area contributed by atoms with E-state index in [1.807, 2.05) is 36.2 Å². The van der Waals surface area contributed by atoms with Crippen LogP contribution in [0.15, 0.2) is 30.3 Å². The van der Waals surface area contributed by atoms with Gasteiger partial charge in [-0.05, 0) is 67.9 Å². The number of aryl methyl sites for hydroxylation is 1. The van der Waals surface area contributed by atoms with Crippen LogP contribution in [0.5, 0.6) is 5.75 Å². The first-order valence-electron chi connectivity index (χ1n) is 12.7. The van der Waals surface area contributed by atoms with Crippen molar-refractivity contribution in [3.8, 4) is 17.3 Å². The Morgan fingerprint density at radius 2 is 2.00 bits per heavy atom. The highest BCUT2D eigenvalue weighted by molar-refractivity contribution is 6.29. The van der Waals surface area contributed by atoms with Crippen molar-refractivity contribution in [3.05, 3.63) is 41.0 Å². The monoisotopic (exact) mass is 504 g/mol. The van der Waals surface area contributed by atoms with E-state index in [0.717, 1.165) is 59.5 Å². The van der Waals surface area contributed by atoms with Gasteiger partial charge in [-0.2, -0.15) is 0 Å². The molecule has 4 heterocycles. The summed E-state index contributed by atoms with van der Waals surface area (Å²) in [5, 5.41) is 1.51. The molecule has 0 spiro atoms. The molecule has 3 aliphatic rings. The summed E-state index contributed by atoms with van der Waals surface area (Å²) in [7, 11) is 3.63. The number of likely N-dealkylation sites (tertiary alicyclic amines) is 1. The van der Waals surface area contributed by atoms with Gasteiger partial charge in [0.2, 0.25) is 0 Å². The van der Waals surface area contributed by atoms with E-state index in [1.54, 1.807) is 7.11 Å². The maximum Gasteiger partial charge on any atom is 0.254 e. The molecule has 2 unspecified atom stereocenters. The lowest BCUT2D eigenvalue weighted by molar-refractivity contribution is 0.0700. The van der Waals surface area contributed by atoms with Gasteiger partial charge in [-0.3, -0.25) is 4.79 Å². The van der Waals surface area contributed by atoms with E-state index in [9.17, 15) is 4.79 Å². The Morgan fingerprint density at radius 1 is 1.17 bits per heavy atom. The minimum atomic E-state index is 0.00624. The largest absolute Gasteiger partial charge is 0.494 e. The molecule has 3 aromatic heterocycles. The minimum absolute atomic E-state index is 0.00624. The lowest BCUT2D eigenvalue weighted by atomic mass is 10.1. The molecule has 1 aliphatic heterocycles. The number of carbonyl (C=O) groups excluding carboxylic acids is 1. The van der Waals surface area contributed by atoms with Crippen molar-refractivity contribution in [3.63, 3.8) is 0 Å². The van der Waals surface area contributed by atoms with E-state index in [4.69, 9.17) is 27.1 Å². The molecule has 8 nitrogen and oxygen atoms in total. The molecule has 3 fully saturated rings. The summed E-state index contributed by atoms with van der Waals surface area (Å²) in [6.45, 7) is 1.61. The third kappa shape index (κ3) is 3.27. The minimum Gasteiger partial charge on any atom is -0.494 e. The predicted molar refractivity (Wildman–Crippen MR) is 139 cm³/mol. The smallest absolute Gasteiger partial charge is 0.254 e. The van der Waals surface area contributed by atoms with Crippen molar-refractivity contribution in [1.29, 1.82) is 0 Å². The van der Waals surface area contributed by atoms with Gasteiger partial charge < -0.3 is 24.5 Å². The summed E-state index contributed by atoms with van der Waals surface area (Å²) in [5.74, 6) is 2.51. The summed E-state index contributed by atoms with van der Waals surface area (Å²) >= 11 is 6.26. The van der Waals surface area contributed by atoms with Crippen LogP contribution in [-0.4, -0.2) is 55.6 Å². The molecule has 36 heavy (non-hydrogen) atoms. The molecule has 1 aromatic carbocycles.